The van der Waals surface area contributed by atoms with Crippen molar-refractivity contribution in [2.24, 2.45) is 0 Å². The molecule has 1 aromatic heterocycles. The van der Waals surface area contributed by atoms with Gasteiger partial charge < -0.3 is 10.1 Å². The number of carbonyl (C=O) groups is 1. The van der Waals surface area contributed by atoms with Crippen LogP contribution in [0.1, 0.15) is 11.3 Å². The first-order valence-electron chi connectivity index (χ1n) is 7.52. The van der Waals surface area contributed by atoms with E-state index in [0.717, 1.165) is 52.4 Å². The van der Waals surface area contributed by atoms with Crippen LogP contribution in [0.25, 0.3) is 0 Å². The predicted octanol–water partition coefficient (Wildman–Crippen LogP) is 1.02. The van der Waals surface area contributed by atoms with E-state index in [1.807, 2.05) is 18.0 Å². The molecule has 2 rings (SSSR count). The molecule has 0 aromatic carbocycles. The van der Waals surface area contributed by atoms with E-state index in [-0.39, 0.29) is 5.91 Å². The normalized spacial score (nSPS) is 16.3. The molecule has 0 unspecified atom stereocenters. The van der Waals surface area contributed by atoms with E-state index in [0.29, 0.717) is 6.54 Å². The maximum atomic E-state index is 11.9. The Labute approximate surface area is 130 Å². The Balaban J connectivity index is 1.52. The van der Waals surface area contributed by atoms with Gasteiger partial charge in [0.15, 0.2) is 0 Å². The van der Waals surface area contributed by atoms with Gasteiger partial charge in [0, 0.05) is 31.1 Å². The highest BCUT2D eigenvalue weighted by Crippen LogP contribution is 2.10. The van der Waals surface area contributed by atoms with Crippen LogP contribution in [0.15, 0.2) is 17.5 Å². The summed E-state index contributed by atoms with van der Waals surface area (Å²) < 4.78 is 5.31. The quantitative estimate of drug-likeness (QED) is 0.728. The third-order valence-corrected chi connectivity index (χ3v) is 4.36. The summed E-state index contributed by atoms with van der Waals surface area (Å²) in [5, 5.41) is 5.06. The second-order valence-corrected chi connectivity index (χ2v) is 6.44. The Morgan fingerprint density at radius 2 is 2.29 bits per heavy atom. The number of nitrogens with one attached hydrogen (secondary N) is 1. The topological polar surface area (TPSA) is 44.8 Å². The van der Waals surface area contributed by atoms with Gasteiger partial charge in [0.2, 0.25) is 5.91 Å². The molecule has 0 bridgehead atoms. The van der Waals surface area contributed by atoms with E-state index in [9.17, 15) is 4.79 Å². The number of rotatable bonds is 8. The van der Waals surface area contributed by atoms with Crippen LogP contribution in [0, 0.1) is 0 Å². The monoisotopic (exact) mass is 311 g/mol. The van der Waals surface area contributed by atoms with E-state index in [1.54, 1.807) is 11.3 Å². The molecule has 0 saturated carbocycles. The number of amides is 1. The summed E-state index contributed by atoms with van der Waals surface area (Å²) >= 11 is 1.73. The van der Waals surface area contributed by atoms with Crippen molar-refractivity contribution >= 4 is 17.2 Å². The van der Waals surface area contributed by atoms with Gasteiger partial charge in [0.1, 0.15) is 0 Å². The number of likely N-dealkylation sites (N-methyl/N-ethyl adjacent to an activating group) is 1. The first-order chi connectivity index (χ1) is 10.2. The van der Waals surface area contributed by atoms with E-state index >= 15 is 0 Å². The molecule has 1 aromatic rings. The molecule has 2 heterocycles. The third kappa shape index (κ3) is 6.56. The summed E-state index contributed by atoms with van der Waals surface area (Å²) in [4.78, 5) is 17.6. The minimum Gasteiger partial charge on any atom is -0.379 e. The predicted molar refractivity (Wildman–Crippen MR) is 85.5 cm³/mol. The summed E-state index contributed by atoms with van der Waals surface area (Å²) in [7, 11) is 1.98. The van der Waals surface area contributed by atoms with Gasteiger partial charge in [-0.1, -0.05) is 6.07 Å². The molecule has 1 N–H and O–H groups in total. The lowest BCUT2D eigenvalue weighted by Gasteiger charge is -2.26. The summed E-state index contributed by atoms with van der Waals surface area (Å²) in [6.07, 6.45) is 1.00. The molecule has 6 heteroatoms. The molecule has 118 valence electrons. The van der Waals surface area contributed by atoms with Crippen LogP contribution < -0.4 is 5.32 Å². The molecule has 1 amide bonds. The highest BCUT2D eigenvalue weighted by Gasteiger charge is 2.10. The van der Waals surface area contributed by atoms with Gasteiger partial charge in [-0.15, -0.1) is 11.3 Å². The molecule has 0 aliphatic carbocycles. The average molecular weight is 311 g/mol. The zero-order chi connectivity index (χ0) is 14.9. The Bertz CT molecular complexity index is 405. The molecular formula is C15H25N3O2S. The number of nitrogens with zero attached hydrogens (tertiary/aromatic N) is 2. The lowest BCUT2D eigenvalue weighted by Crippen LogP contribution is -2.39. The lowest BCUT2D eigenvalue weighted by molar-refractivity contribution is -0.122. The summed E-state index contributed by atoms with van der Waals surface area (Å²) in [5.41, 5.74) is 0. The second kappa shape index (κ2) is 9.15. The van der Waals surface area contributed by atoms with Gasteiger partial charge in [0.05, 0.1) is 19.8 Å². The SMILES string of the molecule is CN(CC(=O)NCCCN1CCOCC1)Cc1cccs1. The molecule has 5 nitrogen and oxygen atoms in total. The molecule has 1 aliphatic heterocycles. The maximum Gasteiger partial charge on any atom is 0.234 e. The number of hydrogen-bond donors (Lipinski definition) is 1. The van der Waals surface area contributed by atoms with E-state index in [2.05, 4.69) is 21.7 Å². The molecule has 21 heavy (non-hydrogen) atoms. The van der Waals surface area contributed by atoms with Gasteiger partial charge >= 0.3 is 0 Å². The van der Waals surface area contributed by atoms with Gasteiger partial charge in [0.25, 0.3) is 0 Å². The minimum absolute atomic E-state index is 0.107. The Morgan fingerprint density at radius 1 is 1.48 bits per heavy atom. The molecule has 0 spiro atoms. The number of carbonyl (C=O) groups excluding carboxylic acids is 1. The van der Waals surface area contributed by atoms with Gasteiger partial charge in [-0.3, -0.25) is 14.6 Å². The van der Waals surface area contributed by atoms with Crippen molar-refractivity contribution in [3.63, 3.8) is 0 Å². The van der Waals surface area contributed by atoms with E-state index < -0.39 is 0 Å². The Hall–Kier alpha value is -0.950. The van der Waals surface area contributed by atoms with Crippen molar-refractivity contribution in [1.29, 1.82) is 0 Å². The molecular weight excluding hydrogens is 286 g/mol. The largest absolute Gasteiger partial charge is 0.379 e. The fraction of sp³-hybridized carbons (Fsp3) is 0.667. The van der Waals surface area contributed by atoms with Crippen LogP contribution in [0.2, 0.25) is 0 Å². The lowest BCUT2D eigenvalue weighted by atomic mass is 10.3. The number of morpholine rings is 1. The van der Waals surface area contributed by atoms with Crippen molar-refractivity contribution in [2.75, 3.05) is 53.0 Å². The van der Waals surface area contributed by atoms with Gasteiger partial charge in [-0.05, 0) is 31.5 Å². The van der Waals surface area contributed by atoms with Crippen molar-refractivity contribution in [2.45, 2.75) is 13.0 Å². The van der Waals surface area contributed by atoms with Crippen LogP contribution in [0.3, 0.4) is 0 Å². The van der Waals surface area contributed by atoms with Gasteiger partial charge in [-0.25, -0.2) is 0 Å². The smallest absolute Gasteiger partial charge is 0.234 e. The first kappa shape index (κ1) is 16.4. The summed E-state index contributed by atoms with van der Waals surface area (Å²) in [5.74, 6) is 0.107. The highest BCUT2D eigenvalue weighted by molar-refractivity contribution is 7.09. The highest BCUT2D eigenvalue weighted by atomic mass is 32.1. The van der Waals surface area contributed by atoms with Crippen molar-refractivity contribution < 1.29 is 9.53 Å². The third-order valence-electron chi connectivity index (χ3n) is 3.50. The number of thiophene rings is 1. The second-order valence-electron chi connectivity index (χ2n) is 5.41. The van der Waals surface area contributed by atoms with Crippen LogP contribution in [0.5, 0.6) is 0 Å². The number of ether oxygens (including phenoxy) is 1. The van der Waals surface area contributed by atoms with Crippen LogP contribution in [-0.2, 0) is 16.1 Å². The Morgan fingerprint density at radius 3 is 3.00 bits per heavy atom. The van der Waals surface area contributed by atoms with Crippen molar-refractivity contribution in [3.8, 4) is 0 Å². The van der Waals surface area contributed by atoms with Crippen LogP contribution in [-0.4, -0.2) is 68.7 Å². The van der Waals surface area contributed by atoms with Gasteiger partial charge in [-0.2, -0.15) is 0 Å². The van der Waals surface area contributed by atoms with Crippen LogP contribution >= 0.6 is 11.3 Å². The first-order valence-corrected chi connectivity index (χ1v) is 8.40. The van der Waals surface area contributed by atoms with E-state index in [1.165, 1.54) is 4.88 Å². The standard InChI is InChI=1S/C15H25N3O2S/c1-17(12-14-4-2-11-21-14)13-15(19)16-5-3-6-18-7-9-20-10-8-18/h2,4,11H,3,5-10,12-13H2,1H3,(H,16,19). The molecule has 1 fully saturated rings. The molecule has 0 atom stereocenters. The van der Waals surface area contributed by atoms with Crippen LogP contribution in [0.4, 0.5) is 0 Å². The summed E-state index contributed by atoms with van der Waals surface area (Å²) in [6.45, 7) is 6.76. The van der Waals surface area contributed by atoms with E-state index in [4.69, 9.17) is 4.74 Å². The zero-order valence-electron chi connectivity index (χ0n) is 12.7. The fourth-order valence-electron chi connectivity index (χ4n) is 2.38. The molecule has 0 radical (unpaired) electrons. The average Bonchev–Trinajstić information content (AvgIpc) is 2.97. The molecule has 1 saturated heterocycles. The zero-order valence-corrected chi connectivity index (χ0v) is 13.5. The Kier molecular flexibility index (Phi) is 7.15. The van der Waals surface area contributed by atoms with Crippen molar-refractivity contribution in [3.05, 3.63) is 22.4 Å². The van der Waals surface area contributed by atoms with Crippen molar-refractivity contribution in [1.82, 2.24) is 15.1 Å². The maximum absolute atomic E-state index is 11.9. The fourth-order valence-corrected chi connectivity index (χ4v) is 3.16. The molecule has 1 aliphatic rings. The number of hydrogen-bond acceptors (Lipinski definition) is 5. The minimum atomic E-state index is 0.107. The summed E-state index contributed by atoms with van der Waals surface area (Å²) in [6, 6.07) is 4.14.